The maximum absolute atomic E-state index is 13.5. The molecular formula is C34H38Br2N4O3S. The van der Waals surface area contributed by atoms with Crippen molar-refractivity contribution in [1.29, 1.82) is 0 Å². The predicted octanol–water partition coefficient (Wildman–Crippen LogP) is 6.79. The van der Waals surface area contributed by atoms with Crippen LogP contribution in [-0.4, -0.2) is 77.3 Å². The molecule has 1 atom stereocenters. The fraction of sp³-hybridized carbons (Fsp3) is 0.353. The van der Waals surface area contributed by atoms with Crippen molar-refractivity contribution in [3.05, 3.63) is 99.1 Å². The summed E-state index contributed by atoms with van der Waals surface area (Å²) in [4.78, 5) is 34.9. The summed E-state index contributed by atoms with van der Waals surface area (Å²) in [6, 6.07) is 24.4. The number of hydrogen-bond acceptors (Lipinski definition) is 5. The maximum Gasteiger partial charge on any atom is 0.238 e. The Morgan fingerprint density at radius 2 is 1.73 bits per heavy atom. The van der Waals surface area contributed by atoms with E-state index in [0.29, 0.717) is 19.6 Å². The zero-order chi connectivity index (χ0) is 30.9. The standard InChI is InChI=1S/C26H32BrN3O3S.C8H6BrN/c1-20-3-9-23(10-4-20)34-26(25(32)28-11-2-12-29-13-15-33-16-14-29)17-24(31)30(19-26)18-21-5-7-22(27)8-6-21;9-7-2-1-6-3-4-10-8(6)5-7/h3-10H,2,11-19H2,1H3,(H,28,32);1-5,10H. The van der Waals surface area contributed by atoms with Gasteiger partial charge in [-0.25, -0.2) is 0 Å². The molecule has 0 saturated carbocycles. The number of fused-ring (bicyclic) bond motifs is 1. The number of H-pyrrole nitrogens is 1. The van der Waals surface area contributed by atoms with Crippen molar-refractivity contribution in [3.8, 4) is 0 Å². The van der Waals surface area contributed by atoms with Gasteiger partial charge in [-0.2, -0.15) is 0 Å². The molecule has 1 unspecified atom stereocenters. The molecule has 0 aliphatic carbocycles. The molecule has 2 aliphatic rings. The lowest BCUT2D eigenvalue weighted by molar-refractivity contribution is -0.129. The van der Waals surface area contributed by atoms with Crippen LogP contribution >= 0.6 is 43.6 Å². The van der Waals surface area contributed by atoms with Crippen molar-refractivity contribution in [2.24, 2.45) is 0 Å². The van der Waals surface area contributed by atoms with Crippen LogP contribution in [0.3, 0.4) is 0 Å². The third kappa shape index (κ3) is 8.97. The third-order valence-corrected chi connectivity index (χ3v) is 10.2. The summed E-state index contributed by atoms with van der Waals surface area (Å²) in [7, 11) is 0. The molecular weight excluding hydrogens is 704 g/mol. The van der Waals surface area contributed by atoms with E-state index in [9.17, 15) is 9.59 Å². The minimum absolute atomic E-state index is 0.0194. The largest absolute Gasteiger partial charge is 0.379 e. The van der Waals surface area contributed by atoms with Crippen molar-refractivity contribution < 1.29 is 14.3 Å². The molecule has 2 aliphatic heterocycles. The zero-order valence-corrected chi connectivity index (χ0v) is 28.8. The minimum atomic E-state index is -0.833. The normalized spacial score (nSPS) is 18.7. The second-order valence-corrected chi connectivity index (χ2v) is 14.5. The maximum atomic E-state index is 13.5. The van der Waals surface area contributed by atoms with Crippen LogP contribution in [0.4, 0.5) is 0 Å². The third-order valence-electron chi connectivity index (χ3n) is 7.83. The molecule has 232 valence electrons. The molecule has 2 fully saturated rings. The Kier molecular flexibility index (Phi) is 11.6. The number of carbonyl (C=O) groups is 2. The van der Waals surface area contributed by atoms with Crippen LogP contribution in [-0.2, 0) is 20.9 Å². The van der Waals surface area contributed by atoms with Gasteiger partial charge in [0, 0.05) is 58.3 Å². The van der Waals surface area contributed by atoms with E-state index in [4.69, 9.17) is 4.74 Å². The number of morpholine rings is 1. The number of nitrogens with zero attached hydrogens (tertiary/aromatic N) is 2. The predicted molar refractivity (Wildman–Crippen MR) is 185 cm³/mol. The Hall–Kier alpha value is -2.63. The topological polar surface area (TPSA) is 77.7 Å². The second kappa shape index (κ2) is 15.6. The fourth-order valence-corrected chi connectivity index (χ4v) is 7.30. The molecule has 0 spiro atoms. The molecule has 7 nitrogen and oxygen atoms in total. The highest BCUT2D eigenvalue weighted by Crippen LogP contribution is 2.41. The van der Waals surface area contributed by atoms with Gasteiger partial charge in [-0.05, 0) is 73.3 Å². The summed E-state index contributed by atoms with van der Waals surface area (Å²) in [6.45, 7) is 7.94. The molecule has 2 saturated heterocycles. The Labute approximate surface area is 280 Å². The summed E-state index contributed by atoms with van der Waals surface area (Å²) in [6.07, 6.45) is 3.03. The molecule has 1 aromatic heterocycles. The number of rotatable bonds is 9. The number of carbonyl (C=O) groups excluding carboxylic acids is 2. The first-order chi connectivity index (χ1) is 21.3. The molecule has 0 radical (unpaired) electrons. The van der Waals surface area contributed by atoms with Gasteiger partial charge in [0.15, 0.2) is 0 Å². The van der Waals surface area contributed by atoms with Crippen LogP contribution in [0.15, 0.2) is 92.8 Å². The number of amides is 2. The molecule has 3 aromatic carbocycles. The number of aryl methyl sites for hydroxylation is 1. The minimum Gasteiger partial charge on any atom is -0.379 e. The molecule has 0 bridgehead atoms. The average molecular weight is 743 g/mol. The lowest BCUT2D eigenvalue weighted by atomic mass is 10.1. The van der Waals surface area contributed by atoms with E-state index >= 15 is 0 Å². The highest BCUT2D eigenvalue weighted by atomic mass is 79.9. The van der Waals surface area contributed by atoms with Gasteiger partial charge in [-0.1, -0.05) is 67.8 Å². The number of aromatic amines is 1. The Bertz CT molecular complexity index is 1540. The highest BCUT2D eigenvalue weighted by Gasteiger charge is 2.49. The van der Waals surface area contributed by atoms with Crippen molar-refractivity contribution in [2.75, 3.05) is 45.9 Å². The molecule has 44 heavy (non-hydrogen) atoms. The van der Waals surface area contributed by atoms with E-state index in [-0.39, 0.29) is 18.2 Å². The molecule has 4 aromatic rings. The van der Waals surface area contributed by atoms with Gasteiger partial charge in [-0.15, -0.1) is 11.8 Å². The number of ether oxygens (including phenoxy) is 1. The van der Waals surface area contributed by atoms with Gasteiger partial charge in [0.2, 0.25) is 11.8 Å². The van der Waals surface area contributed by atoms with Crippen molar-refractivity contribution in [2.45, 2.75) is 36.0 Å². The molecule has 10 heteroatoms. The number of thioether (sulfide) groups is 1. The number of hydrogen-bond donors (Lipinski definition) is 2. The second-order valence-electron chi connectivity index (χ2n) is 11.2. The van der Waals surface area contributed by atoms with Gasteiger partial charge in [0.25, 0.3) is 0 Å². The van der Waals surface area contributed by atoms with E-state index in [1.165, 1.54) is 28.2 Å². The Morgan fingerprint density at radius 1 is 1.00 bits per heavy atom. The first-order valence-electron chi connectivity index (χ1n) is 14.9. The molecule has 3 heterocycles. The van der Waals surface area contributed by atoms with Crippen molar-refractivity contribution >= 4 is 66.3 Å². The van der Waals surface area contributed by atoms with Crippen LogP contribution < -0.4 is 5.32 Å². The lowest BCUT2D eigenvalue weighted by Gasteiger charge is -2.28. The van der Waals surface area contributed by atoms with Crippen LogP contribution in [0.25, 0.3) is 10.9 Å². The summed E-state index contributed by atoms with van der Waals surface area (Å²) in [5, 5.41) is 4.40. The zero-order valence-electron chi connectivity index (χ0n) is 24.9. The van der Waals surface area contributed by atoms with Gasteiger partial charge < -0.3 is 19.9 Å². The van der Waals surface area contributed by atoms with Crippen LogP contribution in [0, 0.1) is 6.92 Å². The lowest BCUT2D eigenvalue weighted by Crippen LogP contribution is -2.47. The molecule has 2 N–H and O–H groups in total. The van der Waals surface area contributed by atoms with E-state index < -0.39 is 4.75 Å². The summed E-state index contributed by atoms with van der Waals surface area (Å²) in [5.41, 5.74) is 3.40. The van der Waals surface area contributed by atoms with Crippen LogP contribution in [0.2, 0.25) is 0 Å². The highest BCUT2D eigenvalue weighted by molar-refractivity contribution is 9.10. The van der Waals surface area contributed by atoms with Gasteiger partial charge in [0.05, 0.1) is 19.6 Å². The van der Waals surface area contributed by atoms with Gasteiger partial charge >= 0.3 is 0 Å². The Balaban J connectivity index is 0.000000322. The Morgan fingerprint density at radius 3 is 2.48 bits per heavy atom. The SMILES string of the molecule is Brc1ccc2cc[nH]c2c1.Cc1ccc(SC2(C(=O)NCCCN3CCOCC3)CC(=O)N(Cc3ccc(Br)cc3)C2)cc1. The van der Waals surface area contributed by atoms with E-state index in [1.54, 1.807) is 0 Å². The number of halogens is 2. The van der Waals surface area contributed by atoms with Crippen LogP contribution in [0.5, 0.6) is 0 Å². The average Bonchev–Trinajstić information content (AvgIpc) is 3.62. The molecule has 6 rings (SSSR count). The van der Waals surface area contributed by atoms with Crippen LogP contribution in [0.1, 0.15) is 24.0 Å². The summed E-state index contributed by atoms with van der Waals surface area (Å²) in [5.74, 6) is -0.0299. The first kappa shape index (κ1) is 32.8. The van der Waals surface area contributed by atoms with Crippen molar-refractivity contribution in [1.82, 2.24) is 20.1 Å². The van der Waals surface area contributed by atoms with Crippen molar-refractivity contribution in [3.63, 3.8) is 0 Å². The fourth-order valence-electron chi connectivity index (χ4n) is 5.37. The summed E-state index contributed by atoms with van der Waals surface area (Å²) >= 11 is 8.37. The van der Waals surface area contributed by atoms with Gasteiger partial charge in [0.1, 0.15) is 4.75 Å². The summed E-state index contributed by atoms with van der Waals surface area (Å²) < 4.78 is 6.69. The van der Waals surface area contributed by atoms with E-state index in [1.807, 2.05) is 72.6 Å². The molecule has 2 amide bonds. The number of nitrogens with one attached hydrogen (secondary N) is 2. The van der Waals surface area contributed by atoms with E-state index in [2.05, 4.69) is 65.3 Å². The monoisotopic (exact) mass is 740 g/mol. The number of benzene rings is 3. The first-order valence-corrected chi connectivity index (χ1v) is 17.3. The smallest absolute Gasteiger partial charge is 0.238 e. The number of aromatic nitrogens is 1. The quantitative estimate of drug-likeness (QED) is 0.185. The van der Waals surface area contributed by atoms with E-state index in [0.717, 1.165) is 58.7 Å². The number of likely N-dealkylation sites (tertiary alicyclic amines) is 1. The van der Waals surface area contributed by atoms with Gasteiger partial charge in [-0.3, -0.25) is 14.5 Å².